The van der Waals surface area contributed by atoms with E-state index in [1.165, 1.54) is 10.7 Å². The predicted molar refractivity (Wildman–Crippen MR) is 42.6 cm³/mol. The van der Waals surface area contributed by atoms with Gasteiger partial charge in [-0.15, -0.1) is 0 Å². The van der Waals surface area contributed by atoms with Crippen LogP contribution in [-0.4, -0.2) is 25.3 Å². The molecule has 1 aliphatic carbocycles. The number of halogens is 1. The summed E-state index contributed by atoms with van der Waals surface area (Å²) in [6.07, 6.45) is 3.19. The van der Waals surface area contributed by atoms with E-state index in [0.29, 0.717) is 12.5 Å². The number of nitrogens with zero attached hydrogens (tertiary/aromatic N) is 1. The molecule has 2 fully saturated rings. The summed E-state index contributed by atoms with van der Waals surface area (Å²) in [6, 6.07) is 0.211. The molecule has 2 bridgehead atoms. The van der Waals surface area contributed by atoms with Crippen LogP contribution < -0.4 is 0 Å². The van der Waals surface area contributed by atoms with Crippen molar-refractivity contribution in [2.75, 3.05) is 6.54 Å². The Kier molecular flexibility index (Phi) is 1.67. The smallest absolute Gasteiger partial charge is 0.195 e. The summed E-state index contributed by atoms with van der Waals surface area (Å²) in [5.41, 5.74) is 0. The van der Waals surface area contributed by atoms with Crippen molar-refractivity contribution in [3.63, 3.8) is 0 Å². The Morgan fingerprint density at radius 3 is 2.36 bits per heavy atom. The highest BCUT2D eigenvalue weighted by atomic mass is 35.7. The summed E-state index contributed by atoms with van der Waals surface area (Å²) in [5.74, 6) is 0.577. The second kappa shape index (κ2) is 2.34. The number of rotatable bonds is 1. The molecule has 64 valence electrons. The largest absolute Gasteiger partial charge is 0.300 e. The van der Waals surface area contributed by atoms with Gasteiger partial charge in [0.1, 0.15) is 0 Å². The summed E-state index contributed by atoms with van der Waals surface area (Å²) in [7, 11) is 1.80. The molecule has 1 saturated heterocycles. The summed E-state index contributed by atoms with van der Waals surface area (Å²) in [6.45, 7) is 0.649. The average Bonchev–Trinajstić information content (AvgIpc) is 2.42. The molecule has 1 heterocycles. The molecule has 2 aliphatic rings. The SMILES string of the molecule is O=S(=O)(Cl)N1C[C@H]2CC[C@@H]1C2. The molecule has 0 aromatic carbocycles. The fourth-order valence-corrected chi connectivity index (χ4v) is 3.59. The lowest BCUT2D eigenvalue weighted by Gasteiger charge is -2.22. The van der Waals surface area contributed by atoms with Crippen molar-refractivity contribution in [2.45, 2.75) is 25.3 Å². The van der Waals surface area contributed by atoms with Gasteiger partial charge in [0.05, 0.1) is 0 Å². The maximum absolute atomic E-state index is 10.9. The number of fused-ring (bicyclic) bond motifs is 2. The van der Waals surface area contributed by atoms with Crippen LogP contribution in [-0.2, 0) is 9.24 Å². The van der Waals surface area contributed by atoms with Gasteiger partial charge in [-0.2, -0.15) is 12.7 Å². The van der Waals surface area contributed by atoms with Crippen molar-refractivity contribution in [1.29, 1.82) is 0 Å². The van der Waals surface area contributed by atoms with Crippen LogP contribution in [0.3, 0.4) is 0 Å². The van der Waals surface area contributed by atoms with Gasteiger partial charge in [0.15, 0.2) is 0 Å². The maximum Gasteiger partial charge on any atom is 0.300 e. The first kappa shape index (κ1) is 7.83. The minimum absolute atomic E-state index is 0.211. The first-order chi connectivity index (χ1) is 5.07. The van der Waals surface area contributed by atoms with Crippen LogP contribution in [0.1, 0.15) is 19.3 Å². The molecular formula is C6H10ClNO2S. The molecular weight excluding hydrogens is 186 g/mol. The lowest BCUT2D eigenvalue weighted by molar-refractivity contribution is 0.340. The van der Waals surface area contributed by atoms with E-state index >= 15 is 0 Å². The van der Waals surface area contributed by atoms with Gasteiger partial charge in [-0.3, -0.25) is 0 Å². The molecule has 0 radical (unpaired) electrons. The minimum atomic E-state index is -3.43. The molecule has 3 nitrogen and oxygen atoms in total. The van der Waals surface area contributed by atoms with E-state index in [0.717, 1.165) is 12.8 Å². The van der Waals surface area contributed by atoms with Crippen molar-refractivity contribution < 1.29 is 8.42 Å². The third-order valence-electron chi connectivity index (χ3n) is 2.64. The zero-order valence-electron chi connectivity index (χ0n) is 6.03. The van der Waals surface area contributed by atoms with Crippen molar-refractivity contribution in [2.24, 2.45) is 5.92 Å². The fourth-order valence-electron chi connectivity index (χ4n) is 2.15. The lowest BCUT2D eigenvalue weighted by Crippen LogP contribution is -2.34. The van der Waals surface area contributed by atoms with E-state index < -0.39 is 9.24 Å². The van der Waals surface area contributed by atoms with Crippen LogP contribution in [0.4, 0.5) is 0 Å². The topological polar surface area (TPSA) is 37.4 Å². The standard InChI is InChI=1S/C6H10ClNO2S/c7-11(9,10)8-4-5-1-2-6(8)3-5/h5-6H,1-4H2/t5-,6+/m0/s1. The monoisotopic (exact) mass is 195 g/mol. The van der Waals surface area contributed by atoms with E-state index in [-0.39, 0.29) is 6.04 Å². The summed E-state index contributed by atoms with van der Waals surface area (Å²) in [4.78, 5) is 0. The Morgan fingerprint density at radius 1 is 1.36 bits per heavy atom. The van der Waals surface area contributed by atoms with Gasteiger partial charge >= 0.3 is 0 Å². The van der Waals surface area contributed by atoms with Crippen molar-refractivity contribution in [1.82, 2.24) is 4.31 Å². The number of hydrogen-bond acceptors (Lipinski definition) is 2. The highest BCUT2D eigenvalue weighted by molar-refractivity contribution is 8.11. The van der Waals surface area contributed by atoms with Crippen LogP contribution in [0.25, 0.3) is 0 Å². The second-order valence-electron chi connectivity index (χ2n) is 3.34. The van der Waals surface area contributed by atoms with E-state index in [1.54, 1.807) is 0 Å². The number of hydrogen-bond donors (Lipinski definition) is 0. The third kappa shape index (κ3) is 1.27. The second-order valence-corrected chi connectivity index (χ2v) is 5.81. The fraction of sp³-hybridized carbons (Fsp3) is 1.00. The lowest BCUT2D eigenvalue weighted by atomic mass is 10.1. The molecule has 0 spiro atoms. The van der Waals surface area contributed by atoms with Crippen LogP contribution >= 0.6 is 10.7 Å². The van der Waals surface area contributed by atoms with Gasteiger partial charge in [-0.1, -0.05) is 0 Å². The molecule has 2 rings (SSSR count). The molecule has 0 aromatic rings. The Labute approximate surface area is 70.9 Å². The van der Waals surface area contributed by atoms with E-state index in [4.69, 9.17) is 10.7 Å². The van der Waals surface area contributed by atoms with Crippen LogP contribution in [0.2, 0.25) is 0 Å². The van der Waals surface area contributed by atoms with Crippen molar-refractivity contribution in [3.8, 4) is 0 Å². The normalized spacial score (nSPS) is 38.3. The maximum atomic E-state index is 10.9. The molecule has 1 aliphatic heterocycles. The molecule has 1 saturated carbocycles. The van der Waals surface area contributed by atoms with Crippen molar-refractivity contribution in [3.05, 3.63) is 0 Å². The zero-order chi connectivity index (χ0) is 8.06. The zero-order valence-corrected chi connectivity index (χ0v) is 7.61. The van der Waals surface area contributed by atoms with Crippen molar-refractivity contribution >= 4 is 19.9 Å². The van der Waals surface area contributed by atoms with Gasteiger partial charge < -0.3 is 0 Å². The van der Waals surface area contributed by atoms with Gasteiger partial charge in [-0.05, 0) is 25.2 Å². The highest BCUT2D eigenvalue weighted by Crippen LogP contribution is 2.39. The summed E-state index contributed by atoms with van der Waals surface area (Å²) >= 11 is 0. The third-order valence-corrected chi connectivity index (χ3v) is 4.18. The molecule has 0 amide bonds. The Bertz CT molecular complexity index is 264. The van der Waals surface area contributed by atoms with Crippen LogP contribution in [0, 0.1) is 5.92 Å². The molecule has 0 aromatic heterocycles. The van der Waals surface area contributed by atoms with Crippen LogP contribution in [0.15, 0.2) is 0 Å². The number of piperidine rings is 1. The van der Waals surface area contributed by atoms with E-state index in [1.807, 2.05) is 0 Å². The van der Waals surface area contributed by atoms with Gasteiger partial charge in [0, 0.05) is 23.3 Å². The highest BCUT2D eigenvalue weighted by Gasteiger charge is 2.42. The Morgan fingerprint density at radius 2 is 2.09 bits per heavy atom. The molecule has 2 atom stereocenters. The molecule has 5 heteroatoms. The van der Waals surface area contributed by atoms with Gasteiger partial charge in [0.2, 0.25) is 0 Å². The van der Waals surface area contributed by atoms with Gasteiger partial charge in [-0.25, -0.2) is 0 Å². The molecule has 11 heavy (non-hydrogen) atoms. The summed E-state index contributed by atoms with van der Waals surface area (Å²) < 4.78 is 23.3. The summed E-state index contributed by atoms with van der Waals surface area (Å²) in [5, 5.41) is 0. The van der Waals surface area contributed by atoms with E-state index in [9.17, 15) is 8.42 Å². The minimum Gasteiger partial charge on any atom is -0.195 e. The first-order valence-electron chi connectivity index (χ1n) is 3.79. The Balaban J connectivity index is 2.21. The Hall–Kier alpha value is 0.200. The average molecular weight is 196 g/mol. The van der Waals surface area contributed by atoms with Crippen LogP contribution in [0.5, 0.6) is 0 Å². The molecule has 0 unspecified atom stereocenters. The predicted octanol–water partition coefficient (Wildman–Crippen LogP) is 0.954. The van der Waals surface area contributed by atoms with E-state index in [2.05, 4.69) is 0 Å². The van der Waals surface area contributed by atoms with Gasteiger partial charge in [0.25, 0.3) is 9.24 Å². The quantitative estimate of drug-likeness (QED) is 0.585. The molecule has 0 N–H and O–H groups in total. The first-order valence-corrected chi connectivity index (χ1v) is 6.05.